The van der Waals surface area contributed by atoms with E-state index in [1.54, 1.807) is 0 Å². The predicted molar refractivity (Wildman–Crippen MR) is 89.6 cm³/mol. The summed E-state index contributed by atoms with van der Waals surface area (Å²) in [6.45, 7) is 6.88. The van der Waals surface area contributed by atoms with Gasteiger partial charge in [0.2, 0.25) is 0 Å². The number of fused-ring (bicyclic) bond motifs is 1. The Labute approximate surface area is 128 Å². The molecule has 21 heavy (non-hydrogen) atoms. The van der Waals surface area contributed by atoms with E-state index in [0.29, 0.717) is 0 Å². The molecule has 3 nitrogen and oxygen atoms in total. The van der Waals surface area contributed by atoms with E-state index < -0.39 is 0 Å². The first-order valence-corrected chi connectivity index (χ1v) is 8.16. The molecule has 0 aliphatic carbocycles. The normalized spacial score (nSPS) is 12.9. The number of benzene rings is 1. The minimum absolute atomic E-state index is 0.236. The van der Waals surface area contributed by atoms with Gasteiger partial charge in [-0.15, -0.1) is 0 Å². The lowest BCUT2D eigenvalue weighted by Gasteiger charge is -2.13. The standard InChI is InChI=1S/C18H28N2O/c1-3-5-12-21-13-11-20-10-9-15-7-6-8-16(18(15)20)14-17(19)4-2/h6-10,17H,3-5,11-14,19H2,1-2H3. The van der Waals surface area contributed by atoms with Crippen LogP contribution in [0.1, 0.15) is 38.7 Å². The molecular formula is C18H28N2O. The number of para-hydroxylation sites is 1. The average Bonchev–Trinajstić information content (AvgIpc) is 2.91. The van der Waals surface area contributed by atoms with Gasteiger partial charge in [0.15, 0.2) is 0 Å². The second kappa shape index (κ2) is 8.20. The van der Waals surface area contributed by atoms with Crippen molar-refractivity contribution in [2.24, 2.45) is 5.73 Å². The molecule has 2 rings (SSSR count). The molecule has 1 heterocycles. The van der Waals surface area contributed by atoms with Crippen LogP contribution in [0.3, 0.4) is 0 Å². The minimum Gasteiger partial charge on any atom is -0.380 e. The summed E-state index contributed by atoms with van der Waals surface area (Å²) in [5, 5.41) is 1.30. The number of unbranched alkanes of at least 4 members (excludes halogenated alkanes) is 1. The zero-order valence-electron chi connectivity index (χ0n) is 13.3. The molecule has 1 aromatic carbocycles. The van der Waals surface area contributed by atoms with Crippen LogP contribution in [-0.2, 0) is 17.7 Å². The van der Waals surface area contributed by atoms with E-state index in [0.717, 1.165) is 39.0 Å². The van der Waals surface area contributed by atoms with Gasteiger partial charge in [-0.3, -0.25) is 0 Å². The van der Waals surface area contributed by atoms with E-state index in [9.17, 15) is 0 Å². The summed E-state index contributed by atoms with van der Waals surface area (Å²) in [6, 6.07) is 8.92. The highest BCUT2D eigenvalue weighted by Gasteiger charge is 2.09. The first-order valence-electron chi connectivity index (χ1n) is 8.16. The third-order valence-corrected chi connectivity index (χ3v) is 4.00. The van der Waals surface area contributed by atoms with E-state index in [1.807, 2.05) is 0 Å². The molecule has 0 saturated carbocycles. The van der Waals surface area contributed by atoms with Crippen LogP contribution in [0.5, 0.6) is 0 Å². The lowest BCUT2D eigenvalue weighted by Crippen LogP contribution is -2.21. The molecule has 1 aromatic heterocycles. The van der Waals surface area contributed by atoms with Gasteiger partial charge in [-0.05, 0) is 36.3 Å². The Bertz CT molecular complexity index is 547. The number of aromatic nitrogens is 1. The van der Waals surface area contributed by atoms with Crippen molar-refractivity contribution in [3.8, 4) is 0 Å². The first kappa shape index (κ1) is 16.1. The summed E-state index contributed by atoms with van der Waals surface area (Å²) in [4.78, 5) is 0. The third kappa shape index (κ3) is 4.32. The maximum Gasteiger partial charge on any atom is 0.0645 e. The molecule has 0 aliphatic heterocycles. The highest BCUT2D eigenvalue weighted by Crippen LogP contribution is 2.22. The second-order valence-electron chi connectivity index (χ2n) is 5.70. The maximum absolute atomic E-state index is 6.14. The average molecular weight is 288 g/mol. The van der Waals surface area contributed by atoms with Gasteiger partial charge in [0, 0.05) is 25.4 Å². The monoisotopic (exact) mass is 288 g/mol. The zero-order valence-corrected chi connectivity index (χ0v) is 13.3. The van der Waals surface area contributed by atoms with Crippen LogP contribution in [0.4, 0.5) is 0 Å². The lowest BCUT2D eigenvalue weighted by molar-refractivity contribution is 0.124. The number of hydrogen-bond acceptors (Lipinski definition) is 2. The van der Waals surface area contributed by atoms with Gasteiger partial charge >= 0.3 is 0 Å². The molecule has 1 atom stereocenters. The molecule has 0 fully saturated rings. The van der Waals surface area contributed by atoms with E-state index in [1.165, 1.54) is 22.9 Å². The molecule has 0 aliphatic rings. The molecule has 0 bridgehead atoms. The van der Waals surface area contributed by atoms with Crippen molar-refractivity contribution in [1.29, 1.82) is 0 Å². The SMILES string of the molecule is CCCCOCCn1ccc2cccc(CC(N)CC)c21. The Morgan fingerprint density at radius 1 is 1.19 bits per heavy atom. The molecule has 2 N–H and O–H groups in total. The number of ether oxygens (including phenoxy) is 1. The van der Waals surface area contributed by atoms with E-state index in [2.05, 4.69) is 48.9 Å². The molecule has 0 radical (unpaired) electrons. The van der Waals surface area contributed by atoms with Crippen LogP contribution in [0.15, 0.2) is 30.5 Å². The van der Waals surface area contributed by atoms with Crippen molar-refractivity contribution < 1.29 is 4.74 Å². The van der Waals surface area contributed by atoms with Gasteiger partial charge in [0.1, 0.15) is 0 Å². The van der Waals surface area contributed by atoms with E-state index >= 15 is 0 Å². The van der Waals surface area contributed by atoms with E-state index in [-0.39, 0.29) is 6.04 Å². The number of rotatable bonds is 9. The molecule has 1 unspecified atom stereocenters. The number of nitrogens with zero attached hydrogens (tertiary/aromatic N) is 1. The Morgan fingerprint density at radius 2 is 2.05 bits per heavy atom. The summed E-state index contributed by atoms with van der Waals surface area (Å²) in [6.07, 6.45) is 6.44. The fourth-order valence-corrected chi connectivity index (χ4v) is 2.63. The number of hydrogen-bond donors (Lipinski definition) is 1. The van der Waals surface area contributed by atoms with E-state index in [4.69, 9.17) is 10.5 Å². The largest absolute Gasteiger partial charge is 0.380 e. The fourth-order valence-electron chi connectivity index (χ4n) is 2.63. The van der Waals surface area contributed by atoms with Crippen LogP contribution in [0.2, 0.25) is 0 Å². The fraction of sp³-hybridized carbons (Fsp3) is 0.556. The molecule has 0 spiro atoms. The predicted octanol–water partition coefficient (Wildman–Crippen LogP) is 3.74. The number of nitrogens with two attached hydrogens (primary N) is 1. The molecule has 3 heteroatoms. The smallest absolute Gasteiger partial charge is 0.0645 e. The summed E-state index contributed by atoms with van der Waals surface area (Å²) in [7, 11) is 0. The van der Waals surface area contributed by atoms with Gasteiger partial charge < -0.3 is 15.0 Å². The quantitative estimate of drug-likeness (QED) is 0.714. The third-order valence-electron chi connectivity index (χ3n) is 4.00. The molecule has 2 aromatic rings. The Balaban J connectivity index is 2.09. The van der Waals surface area contributed by atoms with Crippen molar-refractivity contribution in [3.05, 3.63) is 36.0 Å². The molecule has 116 valence electrons. The Hall–Kier alpha value is -1.32. The molecule has 0 saturated heterocycles. The topological polar surface area (TPSA) is 40.2 Å². The summed E-state index contributed by atoms with van der Waals surface area (Å²) in [5.41, 5.74) is 8.80. The van der Waals surface area contributed by atoms with Gasteiger partial charge in [0.05, 0.1) is 12.1 Å². The van der Waals surface area contributed by atoms with Gasteiger partial charge in [-0.2, -0.15) is 0 Å². The van der Waals surface area contributed by atoms with Crippen molar-refractivity contribution in [2.75, 3.05) is 13.2 Å². The highest BCUT2D eigenvalue weighted by molar-refractivity contribution is 5.83. The summed E-state index contributed by atoms with van der Waals surface area (Å²) < 4.78 is 8.00. The lowest BCUT2D eigenvalue weighted by atomic mass is 10.0. The van der Waals surface area contributed by atoms with Crippen LogP contribution in [0, 0.1) is 0 Å². The second-order valence-corrected chi connectivity index (χ2v) is 5.70. The molecule has 0 amide bonds. The molecular weight excluding hydrogens is 260 g/mol. The van der Waals surface area contributed by atoms with Crippen LogP contribution >= 0.6 is 0 Å². The van der Waals surface area contributed by atoms with Crippen LogP contribution < -0.4 is 5.73 Å². The zero-order chi connectivity index (χ0) is 15.1. The van der Waals surface area contributed by atoms with Gasteiger partial charge in [-0.1, -0.05) is 38.5 Å². The Morgan fingerprint density at radius 3 is 2.81 bits per heavy atom. The maximum atomic E-state index is 6.14. The van der Waals surface area contributed by atoms with Crippen LogP contribution in [0.25, 0.3) is 10.9 Å². The first-order chi connectivity index (χ1) is 10.3. The Kier molecular flexibility index (Phi) is 6.27. The van der Waals surface area contributed by atoms with Crippen LogP contribution in [-0.4, -0.2) is 23.8 Å². The van der Waals surface area contributed by atoms with Crippen molar-refractivity contribution >= 4 is 10.9 Å². The highest BCUT2D eigenvalue weighted by atomic mass is 16.5. The minimum atomic E-state index is 0.236. The van der Waals surface area contributed by atoms with Crippen molar-refractivity contribution in [3.63, 3.8) is 0 Å². The summed E-state index contributed by atoms with van der Waals surface area (Å²) >= 11 is 0. The van der Waals surface area contributed by atoms with Crippen molar-refractivity contribution in [2.45, 2.75) is 52.1 Å². The van der Waals surface area contributed by atoms with Crippen molar-refractivity contribution in [1.82, 2.24) is 4.57 Å². The summed E-state index contributed by atoms with van der Waals surface area (Å²) in [5.74, 6) is 0. The van der Waals surface area contributed by atoms with Gasteiger partial charge in [0.25, 0.3) is 0 Å². The van der Waals surface area contributed by atoms with Gasteiger partial charge in [-0.25, -0.2) is 0 Å².